The summed E-state index contributed by atoms with van der Waals surface area (Å²) in [6.07, 6.45) is 1.82. The first-order valence-corrected chi connectivity index (χ1v) is 17.6. The SMILES string of the molecule is CC(C)(C)CCC1(NCc2ccc([N+](=O)[O-])cc2)C(=O)C(C2=NS(O)(O)c3cc(NS(C)(=O)=O)ccc3N2)=C(O)c2ccccc21. The molecule has 6 N–H and O–H groups in total. The van der Waals surface area contributed by atoms with E-state index in [4.69, 9.17) is 0 Å². The number of ketones is 1. The van der Waals surface area contributed by atoms with Crippen LogP contribution in [-0.2, 0) is 26.9 Å². The first-order chi connectivity index (χ1) is 21.4. The van der Waals surface area contributed by atoms with Gasteiger partial charge in [-0.05, 0) is 47.6 Å². The summed E-state index contributed by atoms with van der Waals surface area (Å²) in [5, 5.41) is 29.1. The monoisotopic (exact) mass is 669 g/mol. The van der Waals surface area contributed by atoms with E-state index in [0.717, 1.165) is 6.26 Å². The average molecular weight is 670 g/mol. The lowest BCUT2D eigenvalue weighted by atomic mass is 9.69. The lowest BCUT2D eigenvalue weighted by Crippen LogP contribution is -2.53. The molecule has 1 unspecified atom stereocenters. The Bertz CT molecular complexity index is 1900. The molecule has 1 atom stereocenters. The summed E-state index contributed by atoms with van der Waals surface area (Å²) in [6.45, 7) is 6.26. The molecule has 3 aromatic carbocycles. The molecule has 15 heteroatoms. The van der Waals surface area contributed by atoms with Crippen molar-refractivity contribution in [3.8, 4) is 0 Å². The number of anilines is 2. The van der Waals surface area contributed by atoms with Gasteiger partial charge in [0.2, 0.25) is 10.0 Å². The highest BCUT2D eigenvalue weighted by atomic mass is 32.3. The summed E-state index contributed by atoms with van der Waals surface area (Å²) in [6, 6.07) is 16.9. The van der Waals surface area contributed by atoms with Gasteiger partial charge in [0.25, 0.3) is 5.69 Å². The maximum Gasteiger partial charge on any atom is 0.269 e. The molecule has 0 saturated carbocycles. The number of nitrogens with one attached hydrogen (secondary N) is 3. The molecule has 0 radical (unpaired) electrons. The van der Waals surface area contributed by atoms with Gasteiger partial charge >= 0.3 is 0 Å². The second-order valence-electron chi connectivity index (χ2n) is 12.5. The van der Waals surface area contributed by atoms with E-state index >= 15 is 0 Å². The van der Waals surface area contributed by atoms with Crippen LogP contribution in [0.4, 0.5) is 17.1 Å². The van der Waals surface area contributed by atoms with Crippen molar-refractivity contribution < 1.29 is 32.3 Å². The Hall–Kier alpha value is -4.28. The van der Waals surface area contributed by atoms with Gasteiger partial charge in [-0.3, -0.25) is 34.1 Å². The van der Waals surface area contributed by atoms with Gasteiger partial charge in [-0.2, -0.15) is 0 Å². The van der Waals surface area contributed by atoms with Crippen LogP contribution in [0.25, 0.3) is 5.76 Å². The van der Waals surface area contributed by atoms with Gasteiger partial charge in [0.15, 0.2) is 11.6 Å². The number of hydrogen-bond donors (Lipinski definition) is 6. The zero-order valence-corrected chi connectivity index (χ0v) is 27.2. The quantitative estimate of drug-likeness (QED) is 0.113. The van der Waals surface area contributed by atoms with Crippen molar-refractivity contribution >= 4 is 55.2 Å². The fourth-order valence-electron chi connectivity index (χ4n) is 5.49. The van der Waals surface area contributed by atoms with Gasteiger partial charge in [-0.15, -0.1) is 4.40 Å². The first-order valence-electron chi connectivity index (χ1n) is 14.2. The third-order valence-electron chi connectivity index (χ3n) is 7.77. The minimum Gasteiger partial charge on any atom is -0.506 e. The summed E-state index contributed by atoms with van der Waals surface area (Å²) in [7, 11) is -7.62. The van der Waals surface area contributed by atoms with Gasteiger partial charge in [0, 0.05) is 24.2 Å². The number of carbonyl (C=O) groups excluding carboxylic acids is 1. The van der Waals surface area contributed by atoms with E-state index in [0.29, 0.717) is 23.1 Å². The number of aliphatic hydroxyl groups is 1. The van der Waals surface area contributed by atoms with Crippen molar-refractivity contribution in [1.29, 1.82) is 0 Å². The standard InChI is InChI=1S/C31H35N5O8S2/c1-30(2,3)15-16-31(32-18-19-9-12-21(13-10-19)36(39)40)23-8-6-5-7-22(23)27(37)26(28(31)38)29-33-24-14-11-20(34-45(4,41)42)17-25(24)46(43,44)35-29/h5-14,17,32,34,37,43-44H,15-16,18H2,1-4H3,(H,33,35). The second kappa shape index (κ2) is 11.8. The number of hydrogen-bond acceptors (Lipinski definition) is 11. The van der Waals surface area contributed by atoms with Gasteiger partial charge in [0.1, 0.15) is 21.8 Å². The molecule has 0 saturated heterocycles. The van der Waals surface area contributed by atoms with Gasteiger partial charge in [-0.25, -0.2) is 8.42 Å². The van der Waals surface area contributed by atoms with E-state index in [1.165, 1.54) is 30.3 Å². The number of rotatable bonds is 9. The van der Waals surface area contributed by atoms with E-state index in [9.17, 15) is 37.5 Å². The van der Waals surface area contributed by atoms with E-state index in [1.807, 2.05) is 20.8 Å². The van der Waals surface area contributed by atoms with E-state index < -0.39 is 42.8 Å². The molecule has 3 aromatic rings. The average Bonchev–Trinajstić information content (AvgIpc) is 2.96. The molecule has 1 aliphatic heterocycles. The molecule has 5 rings (SSSR count). The van der Waals surface area contributed by atoms with Crippen LogP contribution >= 0.6 is 10.8 Å². The Kier molecular flexibility index (Phi) is 8.50. The number of non-ortho nitro benzene ring substituents is 1. The van der Waals surface area contributed by atoms with Crippen LogP contribution in [0, 0.1) is 15.5 Å². The summed E-state index contributed by atoms with van der Waals surface area (Å²) in [5.41, 5.74) is -0.140. The molecular weight excluding hydrogens is 635 g/mol. The Morgan fingerprint density at radius 2 is 1.74 bits per heavy atom. The van der Waals surface area contributed by atoms with Crippen molar-refractivity contribution in [2.45, 2.75) is 50.6 Å². The molecular formula is C31H35N5O8S2. The van der Waals surface area contributed by atoms with Gasteiger partial charge in [-0.1, -0.05) is 67.9 Å². The van der Waals surface area contributed by atoms with Crippen molar-refractivity contribution in [3.63, 3.8) is 0 Å². The number of sulfonamides is 1. The molecule has 244 valence electrons. The molecule has 0 bridgehead atoms. The highest BCUT2D eigenvalue weighted by Gasteiger charge is 2.50. The van der Waals surface area contributed by atoms with Crippen LogP contribution < -0.4 is 15.4 Å². The highest BCUT2D eigenvalue weighted by Crippen LogP contribution is 2.57. The number of nitro benzene ring substituents is 1. The maximum absolute atomic E-state index is 14.8. The Labute approximate surface area is 268 Å². The van der Waals surface area contributed by atoms with Gasteiger partial charge in [0.05, 0.1) is 22.6 Å². The van der Waals surface area contributed by atoms with E-state index in [1.54, 1.807) is 36.4 Å². The van der Waals surface area contributed by atoms with Gasteiger partial charge < -0.3 is 10.4 Å². The van der Waals surface area contributed by atoms with Crippen LogP contribution in [0.1, 0.15) is 50.3 Å². The van der Waals surface area contributed by atoms with Crippen molar-refractivity contribution in [2.24, 2.45) is 9.81 Å². The number of nitrogens with zero attached hydrogens (tertiary/aromatic N) is 2. The van der Waals surface area contributed by atoms with Crippen LogP contribution in [0.5, 0.6) is 0 Å². The van der Waals surface area contributed by atoms with Crippen LogP contribution in [0.3, 0.4) is 0 Å². The molecule has 46 heavy (non-hydrogen) atoms. The minimum atomic E-state index is -3.96. The molecule has 1 aliphatic carbocycles. The lowest BCUT2D eigenvalue weighted by Gasteiger charge is -2.42. The molecule has 2 aliphatic rings. The lowest BCUT2D eigenvalue weighted by molar-refractivity contribution is -0.384. The number of nitro groups is 1. The van der Waals surface area contributed by atoms with Crippen LogP contribution in [-0.4, -0.2) is 45.4 Å². The number of carbonyl (C=O) groups is 1. The third-order valence-corrected chi connectivity index (χ3v) is 9.74. The number of benzene rings is 3. The summed E-state index contributed by atoms with van der Waals surface area (Å²) < 4.78 is 52.1. The zero-order valence-electron chi connectivity index (χ0n) is 25.6. The molecule has 0 spiro atoms. The largest absolute Gasteiger partial charge is 0.506 e. The Balaban J connectivity index is 1.61. The molecule has 13 nitrogen and oxygen atoms in total. The van der Waals surface area contributed by atoms with Crippen LogP contribution in [0.2, 0.25) is 0 Å². The summed E-state index contributed by atoms with van der Waals surface area (Å²) in [5.74, 6) is -1.22. The topological polar surface area (TPSA) is 203 Å². The number of Topliss-reactive ketones (excluding diaryl/α,β-unsaturated/α-hetero) is 1. The van der Waals surface area contributed by atoms with Crippen molar-refractivity contribution in [3.05, 3.63) is 99.1 Å². The Morgan fingerprint density at radius 1 is 1.07 bits per heavy atom. The molecule has 1 heterocycles. The van der Waals surface area contributed by atoms with Crippen molar-refractivity contribution in [2.75, 3.05) is 16.3 Å². The fraction of sp³-hybridized carbons (Fsp3) is 0.290. The number of fused-ring (bicyclic) bond motifs is 2. The smallest absolute Gasteiger partial charge is 0.269 e. The molecule has 0 aromatic heterocycles. The Morgan fingerprint density at radius 3 is 2.37 bits per heavy atom. The van der Waals surface area contributed by atoms with Crippen LogP contribution in [0.15, 0.2) is 81.6 Å². The second-order valence-corrected chi connectivity index (χ2v) is 15.9. The first kappa shape index (κ1) is 33.1. The van der Waals surface area contributed by atoms with E-state index in [-0.39, 0.29) is 51.7 Å². The minimum absolute atomic E-state index is 0.0692. The third kappa shape index (κ3) is 6.64. The predicted octanol–water partition coefficient (Wildman–Crippen LogP) is 6.18. The summed E-state index contributed by atoms with van der Waals surface area (Å²) in [4.78, 5) is 25.4. The van der Waals surface area contributed by atoms with Crippen molar-refractivity contribution in [1.82, 2.24) is 5.32 Å². The maximum atomic E-state index is 14.8. The van der Waals surface area contributed by atoms with E-state index in [2.05, 4.69) is 19.8 Å². The highest BCUT2D eigenvalue weighted by molar-refractivity contribution is 8.23. The number of amidine groups is 1. The molecule has 0 amide bonds. The fourth-order valence-corrected chi connectivity index (χ4v) is 7.23. The predicted molar refractivity (Wildman–Crippen MR) is 178 cm³/mol. The normalized spacial score (nSPS) is 19.8. The zero-order chi connectivity index (χ0) is 33.7. The summed E-state index contributed by atoms with van der Waals surface area (Å²) >= 11 is 0. The number of aliphatic hydroxyl groups excluding tert-OH is 1. The molecule has 0 fully saturated rings.